The summed E-state index contributed by atoms with van der Waals surface area (Å²) in [5, 5.41) is 8.66. The maximum absolute atomic E-state index is 12.3. The van der Waals surface area contributed by atoms with Crippen LogP contribution < -0.4 is 18.9 Å². The Morgan fingerprint density at radius 1 is 0.508 bits per heavy atom. The maximum Gasteiger partial charge on any atom is 0.343 e. The van der Waals surface area contributed by atoms with Gasteiger partial charge in [0, 0.05) is 26.0 Å². The summed E-state index contributed by atoms with van der Waals surface area (Å²) < 4.78 is 31.9. The number of aryl methyl sites for hydroxylation is 1. The summed E-state index contributed by atoms with van der Waals surface area (Å²) in [6.45, 7) is 9.40. The minimum absolute atomic E-state index is 0.105. The Balaban J connectivity index is 0.000000449. The monoisotopic (exact) mass is 846 g/mol. The average Bonchev–Trinajstić information content (AvgIpc) is 3.26. The third-order valence-corrected chi connectivity index (χ3v) is 9.48. The fourth-order valence-electron chi connectivity index (χ4n) is 6.01. The van der Waals surface area contributed by atoms with Crippen molar-refractivity contribution in [1.82, 2.24) is 0 Å². The normalized spacial score (nSPS) is 10.5. The van der Waals surface area contributed by atoms with E-state index in [-0.39, 0.29) is 18.5 Å². The lowest BCUT2D eigenvalue weighted by atomic mass is 10.1. The molecule has 0 unspecified atom stereocenters. The van der Waals surface area contributed by atoms with Crippen LogP contribution in [0.1, 0.15) is 145 Å². The van der Waals surface area contributed by atoms with E-state index >= 15 is 0 Å². The Kier molecular flexibility index (Phi) is 29.4. The second kappa shape index (κ2) is 34.5. The topological polar surface area (TPSA) is 144 Å². The summed E-state index contributed by atoms with van der Waals surface area (Å²) in [5.74, 6) is 1.08. The molecule has 0 heterocycles. The van der Waals surface area contributed by atoms with E-state index in [0.29, 0.717) is 43.3 Å². The number of hydrogen-bond acceptors (Lipinski definition) is 11. The number of esters is 4. The van der Waals surface area contributed by atoms with Crippen molar-refractivity contribution in [2.45, 2.75) is 136 Å². The van der Waals surface area contributed by atoms with Crippen LogP contribution in [0.25, 0.3) is 0 Å². The van der Waals surface area contributed by atoms with Gasteiger partial charge >= 0.3 is 23.9 Å². The van der Waals surface area contributed by atoms with Gasteiger partial charge in [0.25, 0.3) is 0 Å². The van der Waals surface area contributed by atoms with Crippen LogP contribution >= 0.6 is 0 Å². The minimum atomic E-state index is -0.474. The summed E-state index contributed by atoms with van der Waals surface area (Å²) in [6, 6.07) is 21.3. The number of carbonyl (C=O) groups excluding carboxylic acids is 4. The van der Waals surface area contributed by atoms with Gasteiger partial charge in [-0.3, -0.25) is 9.59 Å². The first-order chi connectivity index (χ1) is 29.7. The molecule has 0 aliphatic rings. The minimum Gasteiger partial charge on any atom is -0.494 e. The van der Waals surface area contributed by atoms with Crippen LogP contribution in [0, 0.1) is 6.92 Å². The van der Waals surface area contributed by atoms with Crippen molar-refractivity contribution in [1.29, 1.82) is 0 Å². The zero-order chi connectivity index (χ0) is 44.2. The van der Waals surface area contributed by atoms with E-state index in [1.54, 1.807) is 48.5 Å². The summed E-state index contributed by atoms with van der Waals surface area (Å²) in [7, 11) is 0. The highest BCUT2D eigenvalue weighted by Crippen LogP contribution is 2.20. The molecule has 61 heavy (non-hydrogen) atoms. The lowest BCUT2D eigenvalue weighted by Gasteiger charge is -2.08. The van der Waals surface area contributed by atoms with Gasteiger partial charge in [-0.2, -0.15) is 0 Å². The molecule has 3 rings (SSSR count). The van der Waals surface area contributed by atoms with Crippen molar-refractivity contribution in [2.75, 3.05) is 33.0 Å². The summed E-state index contributed by atoms with van der Waals surface area (Å²) >= 11 is 0. The number of rotatable bonds is 32. The van der Waals surface area contributed by atoms with Gasteiger partial charge in [-0.25, -0.2) is 9.59 Å². The Morgan fingerprint density at radius 2 is 0.918 bits per heavy atom. The zero-order valence-electron chi connectivity index (χ0n) is 36.7. The summed E-state index contributed by atoms with van der Waals surface area (Å²) in [6.07, 6.45) is 20.9. The highest BCUT2D eigenvalue weighted by molar-refractivity contribution is 5.91. The molecule has 0 spiro atoms. The van der Waals surface area contributed by atoms with Crippen LogP contribution in [0.4, 0.5) is 0 Å². The number of aliphatic hydroxyl groups excluding tert-OH is 1. The molecule has 0 fully saturated rings. The fraction of sp³-hybridized carbons (Fsp3) is 0.520. The average molecular weight is 847 g/mol. The predicted molar refractivity (Wildman–Crippen MR) is 238 cm³/mol. The molecule has 336 valence electrons. The third kappa shape index (κ3) is 28.1. The third-order valence-electron chi connectivity index (χ3n) is 9.48. The Morgan fingerprint density at radius 3 is 1.39 bits per heavy atom. The van der Waals surface area contributed by atoms with Gasteiger partial charge in [-0.1, -0.05) is 101 Å². The van der Waals surface area contributed by atoms with Crippen molar-refractivity contribution in [3.8, 4) is 23.0 Å². The largest absolute Gasteiger partial charge is 0.494 e. The van der Waals surface area contributed by atoms with Crippen molar-refractivity contribution in [3.05, 3.63) is 96.6 Å². The van der Waals surface area contributed by atoms with Crippen LogP contribution in [0.2, 0.25) is 0 Å². The lowest BCUT2D eigenvalue weighted by molar-refractivity contribution is -0.144. The van der Waals surface area contributed by atoms with E-state index in [1.807, 2.05) is 12.1 Å². The number of unbranched alkanes of at least 4 members (excludes halogenated alkanes) is 15. The SMILES string of the molecule is C=CC(=O)OCCCCCCCCCCCOc1ccc(C(=O)Oc2ccc(OC(C)=O)cc2)cc1.Cc1ccc(OCCCCCCCCOC(=O)CCCCCO)cc1. The van der Waals surface area contributed by atoms with E-state index in [9.17, 15) is 19.2 Å². The molecule has 0 radical (unpaired) electrons. The van der Waals surface area contributed by atoms with Crippen molar-refractivity contribution in [3.63, 3.8) is 0 Å². The molecule has 0 amide bonds. The van der Waals surface area contributed by atoms with E-state index < -0.39 is 11.9 Å². The van der Waals surface area contributed by atoms with Crippen LogP contribution in [-0.4, -0.2) is 62.0 Å². The van der Waals surface area contributed by atoms with Gasteiger partial charge in [0.2, 0.25) is 0 Å². The van der Waals surface area contributed by atoms with E-state index in [4.69, 9.17) is 33.5 Å². The highest BCUT2D eigenvalue weighted by atomic mass is 16.5. The summed E-state index contributed by atoms with van der Waals surface area (Å²) in [4.78, 5) is 45.7. The zero-order valence-corrected chi connectivity index (χ0v) is 36.7. The molecule has 11 heteroatoms. The van der Waals surface area contributed by atoms with Crippen LogP contribution in [-0.2, 0) is 23.9 Å². The Bertz CT molecular complexity index is 1620. The summed E-state index contributed by atoms with van der Waals surface area (Å²) in [5.41, 5.74) is 1.67. The number of carbonyl (C=O) groups is 4. The van der Waals surface area contributed by atoms with Gasteiger partial charge < -0.3 is 33.5 Å². The van der Waals surface area contributed by atoms with Crippen LogP contribution in [0.15, 0.2) is 85.5 Å². The van der Waals surface area contributed by atoms with Crippen molar-refractivity contribution in [2.24, 2.45) is 0 Å². The molecule has 3 aromatic carbocycles. The van der Waals surface area contributed by atoms with Gasteiger partial charge in [0.1, 0.15) is 23.0 Å². The molecular weight excluding hydrogens is 777 g/mol. The molecule has 0 atom stereocenters. The molecule has 0 aliphatic heterocycles. The number of aliphatic hydroxyl groups is 1. The number of hydrogen-bond donors (Lipinski definition) is 1. The maximum atomic E-state index is 12.3. The van der Waals surface area contributed by atoms with Gasteiger partial charge in [0.15, 0.2) is 0 Å². The second-order valence-corrected chi connectivity index (χ2v) is 14.9. The number of benzene rings is 3. The van der Waals surface area contributed by atoms with E-state index in [0.717, 1.165) is 82.3 Å². The first-order valence-corrected chi connectivity index (χ1v) is 22.2. The highest BCUT2D eigenvalue weighted by Gasteiger charge is 2.10. The molecule has 3 aromatic rings. The smallest absolute Gasteiger partial charge is 0.343 e. The number of ether oxygens (including phenoxy) is 6. The first-order valence-electron chi connectivity index (χ1n) is 22.2. The molecule has 0 saturated carbocycles. The second-order valence-electron chi connectivity index (χ2n) is 14.9. The first kappa shape index (κ1) is 52.0. The molecule has 1 N–H and O–H groups in total. The lowest BCUT2D eigenvalue weighted by Crippen LogP contribution is -2.08. The molecular formula is C50H70O11. The van der Waals surface area contributed by atoms with E-state index in [2.05, 4.69) is 25.6 Å². The fourth-order valence-corrected chi connectivity index (χ4v) is 6.01. The van der Waals surface area contributed by atoms with E-state index in [1.165, 1.54) is 69.9 Å². The van der Waals surface area contributed by atoms with Gasteiger partial charge in [0.05, 0.1) is 32.0 Å². The van der Waals surface area contributed by atoms with Gasteiger partial charge in [-0.15, -0.1) is 0 Å². The van der Waals surface area contributed by atoms with Gasteiger partial charge in [-0.05, 0) is 106 Å². The molecule has 0 aromatic heterocycles. The quantitative estimate of drug-likeness (QED) is 0.0277. The Hall–Kier alpha value is -5.16. The van der Waals surface area contributed by atoms with Crippen molar-refractivity contribution >= 4 is 23.9 Å². The molecule has 0 aliphatic carbocycles. The Labute approximate surface area is 364 Å². The molecule has 0 bridgehead atoms. The van der Waals surface area contributed by atoms with Crippen LogP contribution in [0.5, 0.6) is 23.0 Å². The molecule has 0 saturated heterocycles. The van der Waals surface area contributed by atoms with Crippen molar-refractivity contribution < 1.29 is 52.7 Å². The molecule has 11 nitrogen and oxygen atoms in total. The standard InChI is InChI=1S/C29H36O7.C21H34O4/c1-3-28(31)34-22-12-10-8-6-4-5-7-9-11-21-33-25-15-13-24(14-16-25)29(32)36-27-19-17-26(18-20-27)35-23(2)30;1-19-12-14-20(15-13-19)24-17-9-4-2-3-5-10-18-25-21(23)11-7-6-8-16-22/h3,13-20H,1,4-12,21-22H2,2H3;12-15,22H,2-11,16-18H2,1H3. The van der Waals surface area contributed by atoms with Crippen LogP contribution in [0.3, 0.4) is 0 Å². The predicted octanol–water partition coefficient (Wildman–Crippen LogP) is 11.3.